The monoisotopic (exact) mass is 542 g/mol. The van der Waals surface area contributed by atoms with Crippen molar-refractivity contribution in [2.75, 3.05) is 25.7 Å². The Bertz CT molecular complexity index is 1280. The summed E-state index contributed by atoms with van der Waals surface area (Å²) in [5.41, 5.74) is 7.27. The third-order valence-corrected chi connectivity index (χ3v) is 9.40. The molecule has 5 rings (SSSR count). The summed E-state index contributed by atoms with van der Waals surface area (Å²) in [5, 5.41) is 0. The van der Waals surface area contributed by atoms with E-state index in [1.54, 1.807) is 14.2 Å². The summed E-state index contributed by atoms with van der Waals surface area (Å²) < 4.78 is 10.9. The van der Waals surface area contributed by atoms with Gasteiger partial charge in [-0.05, 0) is 82.9 Å². The maximum absolute atomic E-state index is 10.9. The van der Waals surface area contributed by atoms with E-state index >= 15 is 0 Å². The zero-order valence-electron chi connectivity index (χ0n) is 22.0. The highest BCUT2D eigenvalue weighted by atomic mass is 32.2. The molecule has 5 heteroatoms. The standard InChI is InChI=1S/C18H20OS2.C15H14O2/c1-19-16-9-7-14(8-10-16)13-15-5-2-3-6-17(15)18-20-11-4-12-21-18;1-17-15-8-6-12(7-9-15)10-13-4-2-3-5-14(13)11-16/h2-3,5-10,18H,4,11-13H2,1H3;2-9,11H,10H2,1H3. The first-order valence-electron chi connectivity index (χ1n) is 12.8. The summed E-state index contributed by atoms with van der Waals surface area (Å²) >= 11 is 4.18. The molecule has 1 aliphatic heterocycles. The first-order valence-corrected chi connectivity index (χ1v) is 14.9. The Hall–Kier alpha value is -3.15. The summed E-state index contributed by atoms with van der Waals surface area (Å²) in [5.74, 6) is 4.34. The highest BCUT2D eigenvalue weighted by molar-refractivity contribution is 8.16. The van der Waals surface area contributed by atoms with E-state index in [-0.39, 0.29) is 0 Å². The van der Waals surface area contributed by atoms with Gasteiger partial charge in [0.2, 0.25) is 0 Å². The number of rotatable bonds is 8. The van der Waals surface area contributed by atoms with Crippen molar-refractivity contribution in [3.63, 3.8) is 0 Å². The average molecular weight is 543 g/mol. The fourth-order valence-electron chi connectivity index (χ4n) is 4.33. The summed E-state index contributed by atoms with van der Waals surface area (Å²) in [6.07, 6.45) is 4.00. The van der Waals surface area contributed by atoms with Crippen molar-refractivity contribution >= 4 is 29.8 Å². The second-order valence-corrected chi connectivity index (χ2v) is 11.7. The largest absolute Gasteiger partial charge is 0.497 e. The first kappa shape index (κ1) is 27.9. The van der Waals surface area contributed by atoms with Gasteiger partial charge >= 0.3 is 0 Å². The minimum atomic E-state index is 0.605. The number of carbonyl (C=O) groups excluding carboxylic acids is 1. The van der Waals surface area contributed by atoms with Crippen LogP contribution in [0.25, 0.3) is 0 Å². The molecule has 1 heterocycles. The maximum atomic E-state index is 10.9. The molecule has 1 fully saturated rings. The molecule has 0 unspecified atom stereocenters. The number of benzene rings is 4. The molecule has 4 aromatic carbocycles. The molecule has 196 valence electrons. The van der Waals surface area contributed by atoms with Crippen LogP contribution in [-0.4, -0.2) is 32.0 Å². The van der Waals surface area contributed by atoms with E-state index in [4.69, 9.17) is 9.47 Å². The van der Waals surface area contributed by atoms with E-state index < -0.39 is 0 Å². The lowest BCUT2D eigenvalue weighted by Gasteiger charge is -2.23. The van der Waals surface area contributed by atoms with Crippen LogP contribution >= 0.6 is 23.5 Å². The molecule has 0 spiro atoms. The minimum absolute atomic E-state index is 0.605. The van der Waals surface area contributed by atoms with Crippen molar-refractivity contribution in [1.29, 1.82) is 0 Å². The van der Waals surface area contributed by atoms with Gasteiger partial charge in [0.1, 0.15) is 17.8 Å². The van der Waals surface area contributed by atoms with Crippen LogP contribution in [-0.2, 0) is 12.8 Å². The van der Waals surface area contributed by atoms with Gasteiger partial charge in [-0.1, -0.05) is 72.8 Å². The van der Waals surface area contributed by atoms with Crippen LogP contribution in [0.3, 0.4) is 0 Å². The number of hydrogen-bond donors (Lipinski definition) is 0. The molecule has 0 N–H and O–H groups in total. The van der Waals surface area contributed by atoms with Crippen LogP contribution < -0.4 is 9.47 Å². The Morgan fingerprint density at radius 2 is 1.18 bits per heavy atom. The van der Waals surface area contributed by atoms with Gasteiger partial charge in [0, 0.05) is 5.56 Å². The van der Waals surface area contributed by atoms with Crippen molar-refractivity contribution in [1.82, 2.24) is 0 Å². The van der Waals surface area contributed by atoms with E-state index in [9.17, 15) is 4.79 Å². The quantitative estimate of drug-likeness (QED) is 0.210. The van der Waals surface area contributed by atoms with Crippen LogP contribution in [0.1, 0.15) is 49.2 Å². The predicted molar refractivity (Wildman–Crippen MR) is 162 cm³/mol. The predicted octanol–water partition coefficient (Wildman–Crippen LogP) is 8.25. The first-order chi connectivity index (χ1) is 18.7. The van der Waals surface area contributed by atoms with Crippen molar-refractivity contribution in [3.05, 3.63) is 130 Å². The number of methoxy groups -OCH3 is 2. The molecule has 3 nitrogen and oxygen atoms in total. The Morgan fingerprint density at radius 3 is 1.74 bits per heavy atom. The van der Waals surface area contributed by atoms with E-state index in [0.717, 1.165) is 41.8 Å². The number of carbonyl (C=O) groups is 1. The van der Waals surface area contributed by atoms with Crippen molar-refractivity contribution in [2.24, 2.45) is 0 Å². The molecular weight excluding hydrogens is 508 g/mol. The average Bonchev–Trinajstić information content (AvgIpc) is 2.99. The molecule has 1 saturated heterocycles. The Labute approximate surface area is 235 Å². The molecule has 0 bridgehead atoms. The van der Waals surface area contributed by atoms with Gasteiger partial charge < -0.3 is 9.47 Å². The number of ether oxygens (including phenoxy) is 2. The van der Waals surface area contributed by atoms with Crippen molar-refractivity contribution in [3.8, 4) is 11.5 Å². The van der Waals surface area contributed by atoms with Gasteiger partial charge in [0.25, 0.3) is 0 Å². The molecular formula is C33H34O3S2. The van der Waals surface area contributed by atoms with Crippen LogP contribution in [0.4, 0.5) is 0 Å². The number of hydrogen-bond acceptors (Lipinski definition) is 5. The van der Waals surface area contributed by atoms with E-state index in [2.05, 4.69) is 59.9 Å². The lowest BCUT2D eigenvalue weighted by atomic mass is 10.0. The Kier molecular flexibility index (Phi) is 10.8. The molecule has 38 heavy (non-hydrogen) atoms. The zero-order chi connectivity index (χ0) is 26.6. The Morgan fingerprint density at radius 1 is 0.684 bits per heavy atom. The maximum Gasteiger partial charge on any atom is 0.150 e. The minimum Gasteiger partial charge on any atom is -0.497 e. The smallest absolute Gasteiger partial charge is 0.150 e. The fraction of sp³-hybridized carbons (Fsp3) is 0.242. The van der Waals surface area contributed by atoms with Gasteiger partial charge in [0.15, 0.2) is 0 Å². The SMILES string of the molecule is COc1ccc(Cc2ccccc2C2SCCCS2)cc1.COc1ccc(Cc2ccccc2C=O)cc1. The summed E-state index contributed by atoms with van der Waals surface area (Å²) in [4.78, 5) is 10.9. The molecule has 0 aromatic heterocycles. The van der Waals surface area contributed by atoms with E-state index in [1.165, 1.54) is 40.2 Å². The van der Waals surface area contributed by atoms with Gasteiger partial charge in [-0.15, -0.1) is 23.5 Å². The van der Waals surface area contributed by atoms with Crippen molar-refractivity contribution < 1.29 is 14.3 Å². The van der Waals surface area contributed by atoms with Crippen LogP contribution in [0.2, 0.25) is 0 Å². The zero-order valence-corrected chi connectivity index (χ0v) is 23.6. The van der Waals surface area contributed by atoms with Crippen LogP contribution in [0.15, 0.2) is 97.1 Å². The lowest BCUT2D eigenvalue weighted by molar-refractivity contribution is 0.112. The molecule has 0 aliphatic carbocycles. The third-order valence-electron chi connectivity index (χ3n) is 6.43. The highest BCUT2D eigenvalue weighted by Crippen LogP contribution is 2.45. The summed E-state index contributed by atoms with van der Waals surface area (Å²) in [7, 11) is 3.36. The molecule has 0 atom stereocenters. The van der Waals surface area contributed by atoms with Gasteiger partial charge in [0.05, 0.1) is 18.8 Å². The van der Waals surface area contributed by atoms with E-state index in [0.29, 0.717) is 4.58 Å². The summed E-state index contributed by atoms with van der Waals surface area (Å²) in [6, 6.07) is 32.8. The second kappa shape index (κ2) is 14.7. The molecule has 4 aromatic rings. The molecule has 0 saturated carbocycles. The second-order valence-electron chi connectivity index (χ2n) is 8.99. The van der Waals surface area contributed by atoms with Crippen LogP contribution in [0.5, 0.6) is 11.5 Å². The normalized spacial score (nSPS) is 13.2. The Balaban J connectivity index is 0.000000181. The van der Waals surface area contributed by atoms with Gasteiger partial charge in [-0.2, -0.15) is 0 Å². The number of aldehydes is 1. The van der Waals surface area contributed by atoms with Gasteiger partial charge in [-0.3, -0.25) is 4.79 Å². The van der Waals surface area contributed by atoms with Gasteiger partial charge in [-0.25, -0.2) is 0 Å². The summed E-state index contributed by atoms with van der Waals surface area (Å²) in [6.45, 7) is 0. The lowest BCUT2D eigenvalue weighted by Crippen LogP contribution is -2.03. The molecule has 1 aliphatic rings. The van der Waals surface area contributed by atoms with Crippen molar-refractivity contribution in [2.45, 2.75) is 23.8 Å². The van der Waals surface area contributed by atoms with E-state index in [1.807, 2.05) is 60.7 Å². The molecule has 0 radical (unpaired) electrons. The van der Waals surface area contributed by atoms with Crippen LogP contribution in [0, 0.1) is 0 Å². The number of thioether (sulfide) groups is 2. The highest BCUT2D eigenvalue weighted by Gasteiger charge is 2.19. The molecule has 0 amide bonds. The topological polar surface area (TPSA) is 35.5 Å². The third kappa shape index (κ3) is 7.92. The fourth-order valence-corrected chi connectivity index (χ4v) is 7.34.